The van der Waals surface area contributed by atoms with Crippen LogP contribution in [-0.2, 0) is 22.6 Å². The minimum absolute atomic E-state index is 0.108. The van der Waals surface area contributed by atoms with E-state index in [0.717, 1.165) is 38.4 Å². The normalized spacial score (nSPS) is 14.7. The Balaban J connectivity index is 1.47. The van der Waals surface area contributed by atoms with Gasteiger partial charge < -0.3 is 19.8 Å². The number of hydrogen-bond acceptors (Lipinski definition) is 5. The summed E-state index contributed by atoms with van der Waals surface area (Å²) in [5, 5.41) is 5.39. The molecule has 0 radical (unpaired) electrons. The summed E-state index contributed by atoms with van der Waals surface area (Å²) in [5.74, 6) is -0.524. The number of halogens is 1. The summed E-state index contributed by atoms with van der Waals surface area (Å²) in [5.41, 5.74) is 2.25. The summed E-state index contributed by atoms with van der Waals surface area (Å²) in [6.07, 6.45) is 0. The minimum Gasteiger partial charge on any atom is -0.444 e. The number of nitrogens with zero attached hydrogens (tertiary/aromatic N) is 1. The average Bonchev–Trinajstić information content (AvgIpc) is 3.13. The van der Waals surface area contributed by atoms with Crippen molar-refractivity contribution in [3.63, 3.8) is 0 Å². The van der Waals surface area contributed by atoms with Gasteiger partial charge in [-0.25, -0.2) is 0 Å². The molecule has 0 unspecified atom stereocenters. The molecule has 2 aromatic rings. The molecule has 1 aromatic carbocycles. The van der Waals surface area contributed by atoms with Crippen molar-refractivity contribution in [1.29, 1.82) is 0 Å². The molecule has 1 aliphatic heterocycles. The van der Waals surface area contributed by atoms with E-state index in [9.17, 15) is 9.59 Å². The standard InChI is InChI=1S/C19H22BrN3O4/c20-17-6-5-16(27-17)19(25)22-12-18(24)21-11-14-3-1-2-4-15(14)13-23-7-9-26-10-8-23/h1-6H,7-13H2,(H,21,24)(H,22,25). The van der Waals surface area contributed by atoms with Crippen LogP contribution in [0.4, 0.5) is 0 Å². The predicted molar refractivity (Wildman–Crippen MR) is 103 cm³/mol. The van der Waals surface area contributed by atoms with E-state index in [1.54, 1.807) is 12.1 Å². The summed E-state index contributed by atoms with van der Waals surface area (Å²) in [7, 11) is 0. The van der Waals surface area contributed by atoms with E-state index in [0.29, 0.717) is 11.2 Å². The Morgan fingerprint density at radius 2 is 1.78 bits per heavy atom. The molecule has 1 saturated heterocycles. The smallest absolute Gasteiger partial charge is 0.287 e. The minimum atomic E-state index is -0.427. The Bertz CT molecular complexity index is 787. The molecule has 2 amide bonds. The molecule has 1 aliphatic rings. The molecule has 0 atom stereocenters. The number of nitrogens with one attached hydrogen (secondary N) is 2. The first-order chi connectivity index (χ1) is 13.1. The number of morpholine rings is 1. The molecule has 0 aliphatic carbocycles. The third-order valence-corrected chi connectivity index (χ3v) is 4.72. The fourth-order valence-corrected chi connectivity index (χ4v) is 3.13. The highest BCUT2D eigenvalue weighted by atomic mass is 79.9. The lowest BCUT2D eigenvalue weighted by Crippen LogP contribution is -2.37. The quantitative estimate of drug-likeness (QED) is 0.693. The molecule has 0 spiro atoms. The van der Waals surface area contributed by atoms with Crippen molar-refractivity contribution in [3.8, 4) is 0 Å². The maximum Gasteiger partial charge on any atom is 0.287 e. The number of rotatable bonds is 7. The van der Waals surface area contributed by atoms with Crippen LogP contribution in [0.2, 0.25) is 0 Å². The summed E-state index contributed by atoms with van der Waals surface area (Å²) >= 11 is 3.14. The van der Waals surface area contributed by atoms with Crippen LogP contribution in [0.1, 0.15) is 21.7 Å². The molecule has 0 saturated carbocycles. The number of ether oxygens (including phenoxy) is 1. The Morgan fingerprint density at radius 3 is 2.48 bits per heavy atom. The molecule has 2 heterocycles. The van der Waals surface area contributed by atoms with E-state index in [2.05, 4.69) is 37.5 Å². The summed E-state index contributed by atoms with van der Waals surface area (Å²) in [6.45, 7) is 4.48. The third-order valence-electron chi connectivity index (χ3n) is 4.30. The Kier molecular flexibility index (Phi) is 7.03. The van der Waals surface area contributed by atoms with Gasteiger partial charge in [-0.05, 0) is 39.2 Å². The maximum absolute atomic E-state index is 12.1. The summed E-state index contributed by atoms with van der Waals surface area (Å²) in [4.78, 5) is 26.3. The van der Waals surface area contributed by atoms with Gasteiger partial charge in [-0.3, -0.25) is 14.5 Å². The fraction of sp³-hybridized carbons (Fsp3) is 0.368. The van der Waals surface area contributed by atoms with Crippen molar-refractivity contribution >= 4 is 27.7 Å². The summed E-state index contributed by atoms with van der Waals surface area (Å²) < 4.78 is 11.0. The number of benzene rings is 1. The van der Waals surface area contributed by atoms with Gasteiger partial charge in [-0.1, -0.05) is 24.3 Å². The SMILES string of the molecule is O=C(CNC(=O)c1ccc(Br)o1)NCc1ccccc1CN1CCOCC1. The zero-order valence-electron chi connectivity index (χ0n) is 14.9. The summed E-state index contributed by atoms with van der Waals surface area (Å²) in [6, 6.07) is 11.2. The van der Waals surface area contributed by atoms with Crippen LogP contribution in [-0.4, -0.2) is 49.6 Å². The van der Waals surface area contributed by atoms with E-state index >= 15 is 0 Å². The molecule has 27 heavy (non-hydrogen) atoms. The Labute approximate surface area is 166 Å². The van der Waals surface area contributed by atoms with Gasteiger partial charge in [0, 0.05) is 26.2 Å². The number of amides is 2. The van der Waals surface area contributed by atoms with Gasteiger partial charge in [0.25, 0.3) is 5.91 Å². The average molecular weight is 436 g/mol. The van der Waals surface area contributed by atoms with Gasteiger partial charge in [0.15, 0.2) is 10.4 Å². The second-order valence-corrected chi connectivity index (χ2v) is 7.00. The third kappa shape index (κ3) is 5.92. The Hall–Kier alpha value is -2.16. The van der Waals surface area contributed by atoms with E-state index in [1.165, 1.54) is 5.56 Å². The van der Waals surface area contributed by atoms with Crippen LogP contribution < -0.4 is 10.6 Å². The van der Waals surface area contributed by atoms with E-state index < -0.39 is 5.91 Å². The molecule has 2 N–H and O–H groups in total. The van der Waals surface area contributed by atoms with Crippen molar-refractivity contribution in [1.82, 2.24) is 15.5 Å². The first-order valence-corrected chi connectivity index (χ1v) is 9.58. The van der Waals surface area contributed by atoms with Gasteiger partial charge in [0.2, 0.25) is 5.91 Å². The van der Waals surface area contributed by atoms with E-state index in [1.807, 2.05) is 18.2 Å². The molecule has 7 nitrogen and oxygen atoms in total. The molecule has 3 rings (SSSR count). The number of carbonyl (C=O) groups is 2. The maximum atomic E-state index is 12.1. The monoisotopic (exact) mass is 435 g/mol. The molecule has 1 fully saturated rings. The lowest BCUT2D eigenvalue weighted by atomic mass is 10.1. The number of carbonyl (C=O) groups excluding carboxylic acids is 2. The highest BCUT2D eigenvalue weighted by molar-refractivity contribution is 9.10. The van der Waals surface area contributed by atoms with Gasteiger partial charge in [0.1, 0.15) is 0 Å². The van der Waals surface area contributed by atoms with Gasteiger partial charge in [-0.2, -0.15) is 0 Å². The molecule has 8 heteroatoms. The van der Waals surface area contributed by atoms with Crippen molar-refractivity contribution in [2.75, 3.05) is 32.8 Å². The highest BCUT2D eigenvalue weighted by Crippen LogP contribution is 2.14. The number of hydrogen-bond donors (Lipinski definition) is 2. The predicted octanol–water partition coefficient (Wildman–Crippen LogP) is 1.92. The van der Waals surface area contributed by atoms with Crippen LogP contribution in [0.15, 0.2) is 45.5 Å². The molecule has 144 valence electrons. The first-order valence-electron chi connectivity index (χ1n) is 8.79. The van der Waals surface area contributed by atoms with Gasteiger partial charge >= 0.3 is 0 Å². The first kappa shape index (κ1) is 19.6. The van der Waals surface area contributed by atoms with Crippen LogP contribution in [0.3, 0.4) is 0 Å². The Morgan fingerprint density at radius 1 is 1.04 bits per heavy atom. The van der Waals surface area contributed by atoms with E-state index in [-0.39, 0.29) is 18.2 Å². The van der Waals surface area contributed by atoms with Crippen molar-refractivity contribution in [3.05, 3.63) is 58.0 Å². The second kappa shape index (κ2) is 9.68. The van der Waals surface area contributed by atoms with Crippen molar-refractivity contribution in [2.24, 2.45) is 0 Å². The molecular weight excluding hydrogens is 414 g/mol. The fourth-order valence-electron chi connectivity index (χ4n) is 2.82. The van der Waals surface area contributed by atoms with Crippen molar-refractivity contribution < 1.29 is 18.7 Å². The van der Waals surface area contributed by atoms with E-state index in [4.69, 9.17) is 9.15 Å². The zero-order valence-corrected chi connectivity index (χ0v) is 16.5. The lowest BCUT2D eigenvalue weighted by Gasteiger charge is -2.27. The van der Waals surface area contributed by atoms with Gasteiger partial charge in [0.05, 0.1) is 19.8 Å². The molecular formula is C19H22BrN3O4. The van der Waals surface area contributed by atoms with Crippen LogP contribution in [0, 0.1) is 0 Å². The van der Waals surface area contributed by atoms with Gasteiger partial charge in [-0.15, -0.1) is 0 Å². The highest BCUT2D eigenvalue weighted by Gasteiger charge is 2.14. The topological polar surface area (TPSA) is 83.8 Å². The lowest BCUT2D eigenvalue weighted by molar-refractivity contribution is -0.120. The van der Waals surface area contributed by atoms with Crippen LogP contribution >= 0.6 is 15.9 Å². The zero-order chi connectivity index (χ0) is 19.1. The van der Waals surface area contributed by atoms with Crippen molar-refractivity contribution in [2.45, 2.75) is 13.1 Å². The number of furan rings is 1. The largest absolute Gasteiger partial charge is 0.444 e. The van der Waals surface area contributed by atoms with Crippen LogP contribution in [0.25, 0.3) is 0 Å². The molecule has 0 bridgehead atoms. The molecule has 1 aromatic heterocycles. The van der Waals surface area contributed by atoms with Crippen LogP contribution in [0.5, 0.6) is 0 Å². The second-order valence-electron chi connectivity index (χ2n) is 6.22.